The van der Waals surface area contributed by atoms with Crippen LogP contribution in [0.2, 0.25) is 0 Å². The lowest BCUT2D eigenvalue weighted by Crippen LogP contribution is -2.44. The predicted octanol–water partition coefficient (Wildman–Crippen LogP) is 4.74. The zero-order chi connectivity index (χ0) is 24.9. The Morgan fingerprint density at radius 1 is 1.06 bits per heavy atom. The van der Waals surface area contributed by atoms with Gasteiger partial charge in [0.05, 0.1) is 18.3 Å². The number of fused-ring (bicyclic) bond motifs is 1. The number of hydrogen-bond acceptors (Lipinski definition) is 6. The summed E-state index contributed by atoms with van der Waals surface area (Å²) in [4.78, 5) is 29.9. The minimum atomic E-state index is -0.866. The van der Waals surface area contributed by atoms with E-state index in [9.17, 15) is 9.59 Å². The van der Waals surface area contributed by atoms with Crippen molar-refractivity contribution in [2.75, 3.05) is 4.90 Å². The Hall–Kier alpha value is -4.24. The molecule has 2 amide bonds. The van der Waals surface area contributed by atoms with Crippen LogP contribution < -0.4 is 10.2 Å². The fourth-order valence-electron chi connectivity index (χ4n) is 4.07. The fourth-order valence-corrected chi connectivity index (χ4v) is 4.89. The topological polar surface area (TPSA) is 93.3 Å². The molecule has 9 heteroatoms. The molecule has 2 aromatic carbocycles. The minimum absolute atomic E-state index is 0.0661. The van der Waals surface area contributed by atoms with Crippen LogP contribution in [0.4, 0.5) is 5.69 Å². The molecule has 0 aliphatic carbocycles. The van der Waals surface area contributed by atoms with E-state index in [4.69, 9.17) is 4.42 Å². The number of carbonyl (C=O) groups is 2. The van der Waals surface area contributed by atoms with Gasteiger partial charge in [-0.1, -0.05) is 42.5 Å². The van der Waals surface area contributed by atoms with Gasteiger partial charge >= 0.3 is 0 Å². The quantitative estimate of drug-likeness (QED) is 0.316. The molecule has 3 aromatic heterocycles. The van der Waals surface area contributed by atoms with E-state index in [1.54, 1.807) is 28.0 Å². The number of benzene rings is 2. The summed E-state index contributed by atoms with van der Waals surface area (Å²) in [5, 5.41) is 13.2. The molecule has 182 valence electrons. The Balaban J connectivity index is 1.52. The van der Waals surface area contributed by atoms with Crippen molar-refractivity contribution in [3.05, 3.63) is 101 Å². The summed E-state index contributed by atoms with van der Waals surface area (Å²) >= 11 is 1.43. The highest BCUT2D eigenvalue weighted by Gasteiger charge is 2.34. The zero-order valence-electron chi connectivity index (χ0n) is 19.7. The molecule has 0 aliphatic heterocycles. The summed E-state index contributed by atoms with van der Waals surface area (Å²) < 4.78 is 6.94. The van der Waals surface area contributed by atoms with Gasteiger partial charge in [-0.05, 0) is 59.8 Å². The average molecular weight is 500 g/mol. The summed E-state index contributed by atoms with van der Waals surface area (Å²) in [7, 11) is 0. The molecule has 3 heterocycles. The second kappa shape index (κ2) is 10.6. The van der Waals surface area contributed by atoms with E-state index in [0.29, 0.717) is 17.0 Å². The Kier molecular flexibility index (Phi) is 6.90. The molecule has 0 saturated carbocycles. The number of hydrogen-bond donors (Lipinski definition) is 1. The maximum Gasteiger partial charge on any atom is 0.249 e. The highest BCUT2D eigenvalue weighted by atomic mass is 32.1. The van der Waals surface area contributed by atoms with Crippen LogP contribution in [-0.4, -0.2) is 26.8 Å². The molecule has 0 aliphatic rings. The monoisotopic (exact) mass is 499 g/mol. The van der Waals surface area contributed by atoms with Crippen molar-refractivity contribution in [2.45, 2.75) is 32.5 Å². The normalized spacial score (nSPS) is 11.9. The first-order valence-electron chi connectivity index (χ1n) is 11.7. The maximum atomic E-state index is 13.9. The lowest BCUT2D eigenvalue weighted by atomic mass is 10.1. The van der Waals surface area contributed by atoms with Gasteiger partial charge in [0.2, 0.25) is 11.8 Å². The SMILES string of the molecule is CCc1ccc(N(C(=O)Cn2nnc3ccccc32)C(C(=O)NCc2ccco2)c2cccs2)cc1. The van der Waals surface area contributed by atoms with Gasteiger partial charge in [0.25, 0.3) is 0 Å². The van der Waals surface area contributed by atoms with Crippen LogP contribution in [0.25, 0.3) is 11.0 Å². The van der Waals surface area contributed by atoms with Gasteiger partial charge in [-0.25, -0.2) is 4.68 Å². The summed E-state index contributed by atoms with van der Waals surface area (Å²) in [6.07, 6.45) is 2.43. The number of carbonyl (C=O) groups excluding carboxylic acids is 2. The number of nitrogens with zero attached hydrogens (tertiary/aromatic N) is 4. The molecule has 0 bridgehead atoms. The largest absolute Gasteiger partial charge is 0.467 e. The molecular formula is C27H25N5O3S. The Bertz CT molecular complexity index is 1440. The number of thiophene rings is 1. The maximum absolute atomic E-state index is 13.9. The molecule has 0 saturated heterocycles. The number of amides is 2. The number of aryl methyl sites for hydroxylation is 1. The third-order valence-corrected chi connectivity index (χ3v) is 6.86. The van der Waals surface area contributed by atoms with Gasteiger partial charge in [-0.2, -0.15) is 0 Å². The van der Waals surface area contributed by atoms with Crippen LogP contribution in [-0.2, 0) is 29.1 Å². The standard InChI is InChI=1S/C27H25N5O3S/c1-2-19-11-13-20(14-12-19)32(25(33)18-31-23-9-4-3-8-22(23)29-30-31)26(24-10-6-16-36-24)27(34)28-17-21-7-5-15-35-21/h3-16,26H,2,17-18H2,1H3,(H,28,34). The number of furan rings is 1. The van der Waals surface area contributed by atoms with Crippen molar-refractivity contribution in [2.24, 2.45) is 0 Å². The van der Waals surface area contributed by atoms with Gasteiger partial charge in [0, 0.05) is 10.6 Å². The van der Waals surface area contributed by atoms with Crippen LogP contribution >= 0.6 is 11.3 Å². The highest BCUT2D eigenvalue weighted by molar-refractivity contribution is 7.10. The third kappa shape index (κ3) is 4.92. The Morgan fingerprint density at radius 2 is 1.89 bits per heavy atom. The fraction of sp³-hybridized carbons (Fsp3) is 0.185. The van der Waals surface area contributed by atoms with Crippen molar-refractivity contribution in [1.82, 2.24) is 20.3 Å². The first kappa shape index (κ1) is 23.5. The summed E-state index contributed by atoms with van der Waals surface area (Å²) in [6, 6.07) is 21.6. The summed E-state index contributed by atoms with van der Waals surface area (Å²) in [5.41, 5.74) is 3.23. The first-order chi connectivity index (χ1) is 17.6. The Labute approximate surface area is 212 Å². The van der Waals surface area contributed by atoms with E-state index in [1.807, 2.05) is 66.0 Å². The molecule has 5 rings (SSSR count). The van der Waals surface area contributed by atoms with Crippen LogP contribution in [0.1, 0.15) is 29.2 Å². The number of nitrogens with one attached hydrogen (secondary N) is 1. The number of aromatic nitrogens is 3. The molecule has 0 fully saturated rings. The van der Waals surface area contributed by atoms with E-state index in [0.717, 1.165) is 22.4 Å². The van der Waals surface area contributed by atoms with E-state index in [2.05, 4.69) is 22.6 Å². The van der Waals surface area contributed by atoms with Gasteiger partial charge in [0.15, 0.2) is 0 Å². The molecule has 1 N–H and O–H groups in total. The Morgan fingerprint density at radius 3 is 2.61 bits per heavy atom. The smallest absolute Gasteiger partial charge is 0.249 e. The van der Waals surface area contributed by atoms with E-state index >= 15 is 0 Å². The predicted molar refractivity (Wildman–Crippen MR) is 138 cm³/mol. The summed E-state index contributed by atoms with van der Waals surface area (Å²) in [5.74, 6) is 0.0548. The van der Waals surface area contributed by atoms with Gasteiger partial charge in [-0.15, -0.1) is 16.4 Å². The first-order valence-corrected chi connectivity index (χ1v) is 12.5. The second-order valence-electron chi connectivity index (χ2n) is 8.23. The molecule has 8 nitrogen and oxygen atoms in total. The van der Waals surface area contributed by atoms with E-state index < -0.39 is 6.04 Å². The van der Waals surface area contributed by atoms with Crippen molar-refractivity contribution in [1.29, 1.82) is 0 Å². The van der Waals surface area contributed by atoms with Crippen molar-refractivity contribution in [3.8, 4) is 0 Å². The van der Waals surface area contributed by atoms with Crippen molar-refractivity contribution in [3.63, 3.8) is 0 Å². The second-order valence-corrected chi connectivity index (χ2v) is 9.21. The number of rotatable bonds is 9. The molecule has 0 spiro atoms. The number of anilines is 1. The highest BCUT2D eigenvalue weighted by Crippen LogP contribution is 2.31. The third-order valence-electron chi connectivity index (χ3n) is 5.93. The van der Waals surface area contributed by atoms with Gasteiger partial charge < -0.3 is 9.73 Å². The van der Waals surface area contributed by atoms with Crippen LogP contribution in [0.3, 0.4) is 0 Å². The molecule has 36 heavy (non-hydrogen) atoms. The lowest BCUT2D eigenvalue weighted by Gasteiger charge is -2.30. The molecule has 5 aromatic rings. The lowest BCUT2D eigenvalue weighted by molar-refractivity contribution is -0.127. The molecule has 1 atom stereocenters. The van der Waals surface area contributed by atoms with Crippen LogP contribution in [0.15, 0.2) is 88.9 Å². The van der Waals surface area contributed by atoms with Crippen LogP contribution in [0, 0.1) is 0 Å². The molecular weight excluding hydrogens is 474 g/mol. The van der Waals surface area contributed by atoms with Crippen molar-refractivity contribution < 1.29 is 14.0 Å². The van der Waals surface area contributed by atoms with Crippen LogP contribution in [0.5, 0.6) is 0 Å². The van der Waals surface area contributed by atoms with E-state index in [-0.39, 0.29) is 24.9 Å². The molecule has 1 unspecified atom stereocenters. The molecule has 0 radical (unpaired) electrons. The minimum Gasteiger partial charge on any atom is -0.467 e. The van der Waals surface area contributed by atoms with Gasteiger partial charge in [-0.3, -0.25) is 14.5 Å². The summed E-state index contributed by atoms with van der Waals surface area (Å²) in [6.45, 7) is 2.23. The van der Waals surface area contributed by atoms with E-state index in [1.165, 1.54) is 11.3 Å². The van der Waals surface area contributed by atoms with Gasteiger partial charge in [0.1, 0.15) is 23.9 Å². The average Bonchev–Trinajstić information content (AvgIpc) is 3.69. The van der Waals surface area contributed by atoms with Crippen molar-refractivity contribution >= 4 is 39.9 Å². The zero-order valence-corrected chi connectivity index (χ0v) is 20.5. The number of para-hydroxylation sites is 1.